The lowest BCUT2D eigenvalue weighted by Gasteiger charge is -2.16. The molecular weight excluding hydrogens is 142 g/mol. The van der Waals surface area contributed by atoms with Crippen molar-refractivity contribution in [2.75, 3.05) is 12.0 Å². The van der Waals surface area contributed by atoms with Crippen LogP contribution in [0.15, 0.2) is 18.5 Å². The van der Waals surface area contributed by atoms with Crippen LogP contribution in [0.4, 0.5) is 5.69 Å². The third-order valence-corrected chi connectivity index (χ3v) is 1.59. The van der Waals surface area contributed by atoms with Crippen LogP contribution in [0, 0.1) is 0 Å². The Hall–Kier alpha value is -1.58. The molecule has 0 aromatic carbocycles. The predicted octanol–water partition coefficient (Wildman–Crippen LogP) is 0.194. The molecule has 11 heavy (non-hydrogen) atoms. The summed E-state index contributed by atoms with van der Waals surface area (Å²) < 4.78 is 0. The summed E-state index contributed by atoms with van der Waals surface area (Å²) in [4.78, 5) is 15.0. The van der Waals surface area contributed by atoms with Gasteiger partial charge in [-0.2, -0.15) is 0 Å². The molecule has 0 atom stereocenters. The van der Waals surface area contributed by atoms with Crippen LogP contribution in [-0.4, -0.2) is 17.6 Å². The number of nitrogens with zero attached hydrogens (tertiary/aromatic N) is 1. The largest absolute Gasteiger partial charge is 0.366 e. The number of pyridine rings is 1. The summed E-state index contributed by atoms with van der Waals surface area (Å²) in [7, 11) is 0. The molecule has 1 aliphatic heterocycles. The Morgan fingerprint density at radius 2 is 2.36 bits per heavy atom. The maximum atomic E-state index is 11.1. The Balaban J connectivity index is 2.52. The van der Waals surface area contributed by atoms with Crippen LogP contribution in [0.5, 0.6) is 0 Å². The quantitative estimate of drug-likeness (QED) is 0.553. The molecule has 1 aromatic rings. The number of amides is 1. The van der Waals surface area contributed by atoms with Crippen molar-refractivity contribution in [3.8, 4) is 0 Å². The molecule has 2 N–H and O–H groups in total. The van der Waals surface area contributed by atoms with Crippen molar-refractivity contribution in [3.05, 3.63) is 24.0 Å². The fourth-order valence-corrected chi connectivity index (χ4v) is 1.05. The third kappa shape index (κ3) is 0.920. The second kappa shape index (κ2) is 2.23. The monoisotopic (exact) mass is 149 g/mol. The van der Waals surface area contributed by atoms with E-state index in [1.54, 1.807) is 18.5 Å². The van der Waals surface area contributed by atoms with Gasteiger partial charge in [0.15, 0.2) is 0 Å². The van der Waals surface area contributed by atoms with Gasteiger partial charge in [-0.15, -0.1) is 0 Å². The minimum atomic E-state index is -0.0406. The van der Waals surface area contributed by atoms with E-state index in [0.29, 0.717) is 12.2 Å². The number of hydrogen-bond acceptors (Lipinski definition) is 3. The van der Waals surface area contributed by atoms with Crippen LogP contribution < -0.4 is 10.6 Å². The van der Waals surface area contributed by atoms with Gasteiger partial charge in [-0.1, -0.05) is 0 Å². The van der Waals surface area contributed by atoms with Gasteiger partial charge in [0, 0.05) is 6.20 Å². The Kier molecular flexibility index (Phi) is 1.25. The summed E-state index contributed by atoms with van der Waals surface area (Å²) >= 11 is 0. The van der Waals surface area contributed by atoms with Crippen molar-refractivity contribution in [2.45, 2.75) is 0 Å². The first kappa shape index (κ1) is 6.15. The van der Waals surface area contributed by atoms with E-state index in [4.69, 9.17) is 0 Å². The topological polar surface area (TPSA) is 54.0 Å². The van der Waals surface area contributed by atoms with Gasteiger partial charge in [0.05, 0.1) is 24.1 Å². The highest BCUT2D eigenvalue weighted by Crippen LogP contribution is 2.14. The van der Waals surface area contributed by atoms with Crippen molar-refractivity contribution in [1.29, 1.82) is 0 Å². The SMILES string of the molecule is O=C1NCNc2cnccc21. The lowest BCUT2D eigenvalue weighted by Crippen LogP contribution is -2.34. The van der Waals surface area contributed by atoms with Crippen molar-refractivity contribution >= 4 is 11.6 Å². The lowest BCUT2D eigenvalue weighted by atomic mass is 10.2. The highest BCUT2D eigenvalue weighted by molar-refractivity contribution is 6.00. The van der Waals surface area contributed by atoms with Gasteiger partial charge in [-0.05, 0) is 6.07 Å². The van der Waals surface area contributed by atoms with Gasteiger partial charge in [-0.25, -0.2) is 0 Å². The number of aromatic nitrogens is 1. The smallest absolute Gasteiger partial charge is 0.254 e. The van der Waals surface area contributed by atoms with Crippen molar-refractivity contribution in [2.24, 2.45) is 0 Å². The first-order valence-corrected chi connectivity index (χ1v) is 3.34. The van der Waals surface area contributed by atoms with Gasteiger partial charge < -0.3 is 10.6 Å². The molecule has 0 fully saturated rings. The van der Waals surface area contributed by atoms with Gasteiger partial charge in [0.2, 0.25) is 0 Å². The minimum Gasteiger partial charge on any atom is -0.366 e. The van der Waals surface area contributed by atoms with E-state index < -0.39 is 0 Å². The Labute approximate surface area is 63.6 Å². The summed E-state index contributed by atoms with van der Waals surface area (Å²) in [5.74, 6) is -0.0406. The molecule has 0 bridgehead atoms. The zero-order valence-electron chi connectivity index (χ0n) is 5.79. The number of hydrogen-bond donors (Lipinski definition) is 2. The normalized spacial score (nSPS) is 14.7. The summed E-state index contributed by atoms with van der Waals surface area (Å²) in [5, 5.41) is 5.66. The van der Waals surface area contributed by atoms with Crippen molar-refractivity contribution in [1.82, 2.24) is 10.3 Å². The van der Waals surface area contributed by atoms with E-state index in [2.05, 4.69) is 15.6 Å². The first-order valence-electron chi connectivity index (χ1n) is 3.34. The van der Waals surface area contributed by atoms with Crippen LogP contribution in [0.3, 0.4) is 0 Å². The second-order valence-corrected chi connectivity index (χ2v) is 2.28. The first-order chi connectivity index (χ1) is 5.38. The van der Waals surface area contributed by atoms with E-state index in [-0.39, 0.29) is 5.91 Å². The molecule has 4 nitrogen and oxygen atoms in total. The van der Waals surface area contributed by atoms with Gasteiger partial charge in [-0.3, -0.25) is 9.78 Å². The second-order valence-electron chi connectivity index (χ2n) is 2.28. The zero-order chi connectivity index (χ0) is 7.68. The van der Waals surface area contributed by atoms with Gasteiger partial charge in [0.1, 0.15) is 0 Å². The van der Waals surface area contributed by atoms with E-state index >= 15 is 0 Å². The zero-order valence-corrected chi connectivity index (χ0v) is 5.79. The number of carbonyl (C=O) groups excluding carboxylic acids is 1. The molecule has 1 aromatic heterocycles. The maximum Gasteiger partial charge on any atom is 0.254 e. The van der Waals surface area contributed by atoms with Crippen molar-refractivity contribution < 1.29 is 4.79 Å². The highest BCUT2D eigenvalue weighted by Gasteiger charge is 2.14. The molecule has 56 valence electrons. The number of fused-ring (bicyclic) bond motifs is 1. The molecule has 1 amide bonds. The van der Waals surface area contributed by atoms with E-state index in [0.717, 1.165) is 5.69 Å². The van der Waals surface area contributed by atoms with E-state index in [1.807, 2.05) is 0 Å². The third-order valence-electron chi connectivity index (χ3n) is 1.59. The van der Waals surface area contributed by atoms with Gasteiger partial charge >= 0.3 is 0 Å². The molecular formula is C7H7N3O. The average Bonchev–Trinajstić information content (AvgIpc) is 2.06. The average molecular weight is 149 g/mol. The highest BCUT2D eigenvalue weighted by atomic mass is 16.1. The van der Waals surface area contributed by atoms with Crippen LogP contribution in [-0.2, 0) is 0 Å². The molecule has 0 unspecified atom stereocenters. The van der Waals surface area contributed by atoms with Crippen molar-refractivity contribution in [3.63, 3.8) is 0 Å². The van der Waals surface area contributed by atoms with Crippen LogP contribution in [0.2, 0.25) is 0 Å². The fraction of sp³-hybridized carbons (Fsp3) is 0.143. The maximum absolute atomic E-state index is 11.1. The molecule has 0 spiro atoms. The molecule has 0 saturated heterocycles. The molecule has 2 heterocycles. The summed E-state index contributed by atoms with van der Waals surface area (Å²) in [6.45, 7) is 0.484. The molecule has 1 aliphatic rings. The van der Waals surface area contributed by atoms with Crippen LogP contribution >= 0.6 is 0 Å². The van der Waals surface area contributed by atoms with Crippen LogP contribution in [0.25, 0.3) is 0 Å². The standard InChI is InChI=1S/C7H7N3O/c11-7-5-1-2-8-3-6(5)9-4-10-7/h1-3,9H,4H2,(H,10,11). The lowest BCUT2D eigenvalue weighted by molar-refractivity contribution is 0.0952. The summed E-state index contributed by atoms with van der Waals surface area (Å²) in [5.41, 5.74) is 1.46. The minimum absolute atomic E-state index is 0.0406. The number of anilines is 1. The Morgan fingerprint density at radius 3 is 3.18 bits per heavy atom. The molecule has 0 radical (unpaired) electrons. The number of rotatable bonds is 0. The Morgan fingerprint density at radius 1 is 1.45 bits per heavy atom. The molecule has 0 saturated carbocycles. The molecule has 2 rings (SSSR count). The predicted molar refractivity (Wildman–Crippen MR) is 40.2 cm³/mol. The van der Waals surface area contributed by atoms with E-state index in [9.17, 15) is 4.79 Å². The number of nitrogens with one attached hydrogen (secondary N) is 2. The summed E-state index contributed by atoms with van der Waals surface area (Å²) in [6, 6.07) is 1.69. The molecule has 4 heteroatoms. The van der Waals surface area contributed by atoms with Gasteiger partial charge in [0.25, 0.3) is 5.91 Å². The van der Waals surface area contributed by atoms with E-state index in [1.165, 1.54) is 0 Å². The number of carbonyl (C=O) groups is 1. The van der Waals surface area contributed by atoms with Crippen LogP contribution in [0.1, 0.15) is 10.4 Å². The fourth-order valence-electron chi connectivity index (χ4n) is 1.05. The summed E-state index contributed by atoms with van der Waals surface area (Å²) in [6.07, 6.45) is 3.25. The Bertz CT molecular complexity index is 297. The molecule has 0 aliphatic carbocycles.